The van der Waals surface area contributed by atoms with E-state index in [9.17, 15) is 18.0 Å². The van der Waals surface area contributed by atoms with Gasteiger partial charge in [0, 0.05) is 11.3 Å². The van der Waals surface area contributed by atoms with Crippen molar-refractivity contribution in [2.24, 2.45) is 0 Å². The fourth-order valence-electron chi connectivity index (χ4n) is 3.51. The molecule has 0 aromatic carbocycles. The first-order valence-electron chi connectivity index (χ1n) is 8.70. The zero-order valence-electron chi connectivity index (χ0n) is 14.2. The van der Waals surface area contributed by atoms with Gasteiger partial charge in [0.2, 0.25) is 5.91 Å². The lowest BCUT2D eigenvalue weighted by atomic mass is 10.0. The summed E-state index contributed by atoms with van der Waals surface area (Å²) in [6.07, 6.45) is 6.21. The predicted octanol–water partition coefficient (Wildman–Crippen LogP) is 0.768. The Bertz CT molecular complexity index is 867. The molecule has 140 valence electrons. The summed E-state index contributed by atoms with van der Waals surface area (Å²) in [5, 5.41) is 4.66. The Hall–Kier alpha value is -1.94. The highest BCUT2D eigenvalue weighted by atomic mass is 32.2. The lowest BCUT2D eigenvalue weighted by Crippen LogP contribution is -2.53. The quantitative estimate of drug-likeness (QED) is 0.781. The molecule has 3 aliphatic rings. The van der Waals surface area contributed by atoms with Crippen molar-refractivity contribution in [2.45, 2.75) is 44.6 Å². The molecule has 26 heavy (non-hydrogen) atoms. The minimum Gasteiger partial charge on any atom is -0.297 e. The number of hydrazine groups is 1. The van der Waals surface area contributed by atoms with Crippen LogP contribution in [0.25, 0.3) is 0 Å². The Balaban J connectivity index is 1.44. The van der Waals surface area contributed by atoms with Crippen molar-refractivity contribution >= 4 is 38.1 Å². The molecular weight excluding hydrogens is 376 g/mol. The molecule has 1 saturated heterocycles. The van der Waals surface area contributed by atoms with Gasteiger partial charge in [-0.15, -0.1) is 11.3 Å². The number of rotatable bonds is 3. The monoisotopic (exact) mass is 396 g/mol. The maximum atomic E-state index is 12.5. The molecule has 1 aliphatic carbocycles. The molecule has 0 spiro atoms. The maximum Gasteiger partial charge on any atom is 0.275 e. The minimum atomic E-state index is -3.12. The third kappa shape index (κ3) is 3.48. The summed E-state index contributed by atoms with van der Waals surface area (Å²) >= 11 is 1.50. The van der Waals surface area contributed by atoms with Gasteiger partial charge in [-0.05, 0) is 38.2 Å². The number of hydrogen-bond donors (Lipinski definition) is 2. The summed E-state index contributed by atoms with van der Waals surface area (Å²) in [5.74, 6) is -0.596. The van der Waals surface area contributed by atoms with Crippen LogP contribution in [0.4, 0.5) is 5.13 Å². The molecular formula is C16H20N4O4S2. The van der Waals surface area contributed by atoms with Crippen molar-refractivity contribution < 1.29 is 18.0 Å². The van der Waals surface area contributed by atoms with Crippen LogP contribution >= 0.6 is 11.3 Å². The van der Waals surface area contributed by atoms with E-state index < -0.39 is 15.9 Å². The SMILES string of the molecule is O=C(Nc1nc2c(s1)CCCC2)C1=CCC(=O)N([C@@H]2CCS(=O)(=O)C2)N1. The first-order chi connectivity index (χ1) is 12.4. The molecule has 0 radical (unpaired) electrons. The van der Waals surface area contributed by atoms with Crippen molar-refractivity contribution in [2.75, 3.05) is 16.8 Å². The molecule has 0 bridgehead atoms. The molecule has 8 nitrogen and oxygen atoms in total. The number of amides is 2. The predicted molar refractivity (Wildman–Crippen MR) is 97.1 cm³/mol. The van der Waals surface area contributed by atoms with E-state index in [2.05, 4.69) is 15.7 Å². The smallest absolute Gasteiger partial charge is 0.275 e. The number of fused-ring (bicyclic) bond motifs is 1. The zero-order valence-corrected chi connectivity index (χ0v) is 15.8. The van der Waals surface area contributed by atoms with Crippen molar-refractivity contribution in [1.82, 2.24) is 15.4 Å². The van der Waals surface area contributed by atoms with E-state index >= 15 is 0 Å². The number of sulfone groups is 1. The van der Waals surface area contributed by atoms with E-state index in [0.29, 0.717) is 11.6 Å². The highest BCUT2D eigenvalue weighted by Crippen LogP contribution is 2.30. The molecule has 10 heteroatoms. The Kier molecular flexibility index (Phi) is 4.47. The molecule has 0 unspecified atom stereocenters. The highest BCUT2D eigenvalue weighted by molar-refractivity contribution is 7.91. The second kappa shape index (κ2) is 6.66. The van der Waals surface area contributed by atoms with Crippen molar-refractivity contribution in [3.05, 3.63) is 22.3 Å². The van der Waals surface area contributed by atoms with Crippen LogP contribution in [0.1, 0.15) is 36.3 Å². The molecule has 1 atom stereocenters. The molecule has 0 saturated carbocycles. The molecule has 4 rings (SSSR count). The van der Waals surface area contributed by atoms with Gasteiger partial charge in [-0.3, -0.25) is 25.3 Å². The number of carbonyl (C=O) groups is 2. The Morgan fingerprint density at radius 1 is 1.35 bits per heavy atom. The molecule has 2 amide bonds. The largest absolute Gasteiger partial charge is 0.297 e. The number of nitrogens with zero attached hydrogens (tertiary/aromatic N) is 2. The Morgan fingerprint density at radius 3 is 2.88 bits per heavy atom. The molecule has 2 aliphatic heterocycles. The van der Waals surface area contributed by atoms with Crippen LogP contribution in [0.15, 0.2) is 11.8 Å². The standard InChI is InChI=1S/C16H20N4O4S2/c21-14-6-5-12(19-20(14)10-7-8-26(23,24)9-10)15(22)18-16-17-11-3-1-2-4-13(11)25-16/h5,10,19H,1-4,6-9H2,(H,17,18,22)/t10-/m1/s1. The first-order valence-corrected chi connectivity index (χ1v) is 11.3. The van der Waals surface area contributed by atoms with E-state index in [4.69, 9.17) is 0 Å². The van der Waals surface area contributed by atoms with Gasteiger partial charge < -0.3 is 0 Å². The summed E-state index contributed by atoms with van der Waals surface area (Å²) < 4.78 is 23.4. The van der Waals surface area contributed by atoms with E-state index in [1.54, 1.807) is 0 Å². The summed E-state index contributed by atoms with van der Waals surface area (Å²) in [4.78, 5) is 30.4. The van der Waals surface area contributed by atoms with Crippen LogP contribution in [0.3, 0.4) is 0 Å². The van der Waals surface area contributed by atoms with Gasteiger partial charge in [-0.1, -0.05) is 0 Å². The fraction of sp³-hybridized carbons (Fsp3) is 0.562. The van der Waals surface area contributed by atoms with Crippen LogP contribution in [0.5, 0.6) is 0 Å². The number of anilines is 1. The second-order valence-electron chi connectivity index (χ2n) is 6.80. The van der Waals surface area contributed by atoms with Gasteiger partial charge >= 0.3 is 0 Å². The summed E-state index contributed by atoms with van der Waals surface area (Å²) in [5.41, 5.74) is 4.13. The number of aryl methyl sites for hydroxylation is 2. The summed E-state index contributed by atoms with van der Waals surface area (Å²) in [6.45, 7) is 0. The van der Waals surface area contributed by atoms with Gasteiger partial charge in [0.25, 0.3) is 5.91 Å². The minimum absolute atomic E-state index is 0.0685. The van der Waals surface area contributed by atoms with E-state index in [1.807, 2.05) is 0 Å². The third-order valence-corrected chi connectivity index (χ3v) is 7.70. The number of thiazole rings is 1. The Labute approximate surface area is 155 Å². The topological polar surface area (TPSA) is 108 Å². The average Bonchev–Trinajstić information content (AvgIpc) is 3.17. The second-order valence-corrected chi connectivity index (χ2v) is 10.1. The van der Waals surface area contributed by atoms with E-state index in [-0.39, 0.29) is 35.4 Å². The number of nitrogens with one attached hydrogen (secondary N) is 2. The van der Waals surface area contributed by atoms with Crippen LogP contribution in [0.2, 0.25) is 0 Å². The normalized spacial score (nSPS) is 24.6. The maximum absolute atomic E-state index is 12.5. The van der Waals surface area contributed by atoms with Crippen molar-refractivity contribution in [1.29, 1.82) is 0 Å². The number of hydrogen-bond acceptors (Lipinski definition) is 7. The van der Waals surface area contributed by atoms with Gasteiger partial charge in [-0.25, -0.2) is 13.4 Å². The lowest BCUT2D eigenvalue weighted by Gasteiger charge is -2.32. The van der Waals surface area contributed by atoms with Crippen LogP contribution in [-0.2, 0) is 32.3 Å². The van der Waals surface area contributed by atoms with Crippen LogP contribution in [-0.4, -0.2) is 47.8 Å². The summed E-state index contributed by atoms with van der Waals surface area (Å²) in [6, 6.07) is -0.434. The van der Waals surface area contributed by atoms with Gasteiger partial charge in [-0.2, -0.15) is 0 Å². The lowest BCUT2D eigenvalue weighted by molar-refractivity contribution is -0.136. The Morgan fingerprint density at radius 2 is 2.15 bits per heavy atom. The molecule has 1 fully saturated rings. The average molecular weight is 396 g/mol. The van der Waals surface area contributed by atoms with E-state index in [0.717, 1.165) is 31.4 Å². The molecule has 2 N–H and O–H groups in total. The molecule has 1 aromatic heterocycles. The van der Waals surface area contributed by atoms with Gasteiger partial charge in [0.05, 0.1) is 23.2 Å². The van der Waals surface area contributed by atoms with Crippen LogP contribution < -0.4 is 10.7 Å². The molecule has 1 aromatic rings. The molecule has 3 heterocycles. The van der Waals surface area contributed by atoms with Gasteiger partial charge in [0.15, 0.2) is 15.0 Å². The van der Waals surface area contributed by atoms with Crippen LogP contribution in [0, 0.1) is 0 Å². The van der Waals surface area contributed by atoms with E-state index in [1.165, 1.54) is 27.3 Å². The van der Waals surface area contributed by atoms with Gasteiger partial charge in [0.1, 0.15) is 5.70 Å². The number of carbonyl (C=O) groups excluding carboxylic acids is 2. The highest BCUT2D eigenvalue weighted by Gasteiger charge is 2.37. The first kappa shape index (κ1) is 17.5. The fourth-order valence-corrected chi connectivity index (χ4v) is 6.26. The summed E-state index contributed by atoms with van der Waals surface area (Å²) in [7, 11) is -3.12. The zero-order chi connectivity index (χ0) is 18.3. The van der Waals surface area contributed by atoms with Crippen molar-refractivity contribution in [3.63, 3.8) is 0 Å². The third-order valence-electron chi connectivity index (χ3n) is 4.87. The van der Waals surface area contributed by atoms with Crippen molar-refractivity contribution in [3.8, 4) is 0 Å². The number of aromatic nitrogens is 1.